The molecule has 2 aromatic heterocycles. The first-order valence-corrected chi connectivity index (χ1v) is 9.17. The Kier molecular flexibility index (Phi) is 5.02. The van der Waals surface area contributed by atoms with E-state index in [1.807, 2.05) is 52.9 Å². The molecule has 0 spiro atoms. The monoisotopic (exact) mass is 365 g/mol. The summed E-state index contributed by atoms with van der Waals surface area (Å²) < 4.78 is 7.89. The van der Waals surface area contributed by atoms with Gasteiger partial charge >= 0.3 is 6.03 Å². The van der Waals surface area contributed by atoms with Gasteiger partial charge in [-0.3, -0.25) is 4.98 Å². The topological polar surface area (TPSA) is 72.3 Å². The number of imidazole rings is 1. The molecule has 27 heavy (non-hydrogen) atoms. The van der Waals surface area contributed by atoms with Crippen LogP contribution in [0.4, 0.5) is 10.5 Å². The number of nitrogens with one attached hydrogen (secondary N) is 1. The Morgan fingerprint density at radius 2 is 2.07 bits per heavy atom. The Balaban J connectivity index is 1.27. The number of benzene rings is 1. The van der Waals surface area contributed by atoms with E-state index in [0.29, 0.717) is 19.7 Å². The number of fused-ring (bicyclic) bond motifs is 1. The maximum atomic E-state index is 12.5. The summed E-state index contributed by atoms with van der Waals surface area (Å²) in [7, 11) is 1.95. The molecule has 7 heteroatoms. The lowest BCUT2D eigenvalue weighted by molar-refractivity contribution is 0.00399. The van der Waals surface area contributed by atoms with Gasteiger partial charge in [0, 0.05) is 32.0 Å². The molecular formula is C20H23N5O2. The zero-order valence-electron chi connectivity index (χ0n) is 15.3. The van der Waals surface area contributed by atoms with Crippen molar-refractivity contribution >= 4 is 22.8 Å². The lowest BCUT2D eigenvalue weighted by Gasteiger charge is -2.31. The molecule has 3 aromatic rings. The lowest BCUT2D eigenvalue weighted by atomic mass is 10.1. The van der Waals surface area contributed by atoms with E-state index in [9.17, 15) is 4.79 Å². The van der Waals surface area contributed by atoms with Crippen molar-refractivity contribution in [3.05, 3.63) is 54.6 Å². The van der Waals surface area contributed by atoms with E-state index in [0.717, 1.165) is 35.3 Å². The van der Waals surface area contributed by atoms with E-state index >= 15 is 0 Å². The molecule has 4 rings (SSSR count). The summed E-state index contributed by atoms with van der Waals surface area (Å²) in [4.78, 5) is 23.0. The fourth-order valence-corrected chi connectivity index (χ4v) is 3.33. The Morgan fingerprint density at radius 1 is 1.22 bits per heavy atom. The molecule has 0 unspecified atom stereocenters. The molecule has 1 fully saturated rings. The Hall–Kier alpha value is -2.93. The van der Waals surface area contributed by atoms with Crippen LogP contribution in [0, 0.1) is 0 Å². The van der Waals surface area contributed by atoms with Gasteiger partial charge in [0.15, 0.2) is 0 Å². The SMILES string of the molecule is Cn1cnc2cc(NC(=O)N3CCC(OCc4ccccn4)CC3)ccc21. The average Bonchev–Trinajstić information content (AvgIpc) is 3.08. The number of likely N-dealkylation sites (tertiary alicyclic amines) is 1. The molecule has 0 bridgehead atoms. The number of urea groups is 1. The maximum Gasteiger partial charge on any atom is 0.321 e. The highest BCUT2D eigenvalue weighted by Gasteiger charge is 2.23. The van der Waals surface area contributed by atoms with Gasteiger partial charge in [-0.25, -0.2) is 9.78 Å². The van der Waals surface area contributed by atoms with Gasteiger partial charge in [0.05, 0.1) is 35.8 Å². The highest BCUT2D eigenvalue weighted by Crippen LogP contribution is 2.20. The minimum absolute atomic E-state index is 0.0755. The van der Waals surface area contributed by atoms with E-state index < -0.39 is 0 Å². The summed E-state index contributed by atoms with van der Waals surface area (Å²) in [6, 6.07) is 11.5. The van der Waals surface area contributed by atoms with E-state index in [1.165, 1.54) is 0 Å². The number of piperidine rings is 1. The second-order valence-corrected chi connectivity index (χ2v) is 6.81. The lowest BCUT2D eigenvalue weighted by Crippen LogP contribution is -2.43. The zero-order valence-corrected chi connectivity index (χ0v) is 15.3. The molecule has 7 nitrogen and oxygen atoms in total. The van der Waals surface area contributed by atoms with Gasteiger partial charge in [-0.2, -0.15) is 0 Å². The Bertz CT molecular complexity index is 917. The number of nitrogens with zero attached hydrogens (tertiary/aromatic N) is 4. The molecular weight excluding hydrogens is 342 g/mol. The minimum Gasteiger partial charge on any atom is -0.372 e. The summed E-state index contributed by atoms with van der Waals surface area (Å²) >= 11 is 0. The third-order valence-corrected chi connectivity index (χ3v) is 4.90. The van der Waals surface area contributed by atoms with Crippen LogP contribution in [0.3, 0.4) is 0 Å². The van der Waals surface area contributed by atoms with Crippen molar-refractivity contribution in [2.24, 2.45) is 7.05 Å². The number of hydrogen-bond acceptors (Lipinski definition) is 4. The summed E-state index contributed by atoms with van der Waals surface area (Å²) in [5.74, 6) is 0. The van der Waals surface area contributed by atoms with Crippen LogP contribution >= 0.6 is 0 Å². The molecule has 3 heterocycles. The molecule has 1 aliphatic rings. The fraction of sp³-hybridized carbons (Fsp3) is 0.350. The molecule has 1 saturated heterocycles. The van der Waals surface area contributed by atoms with Crippen LogP contribution in [0.1, 0.15) is 18.5 Å². The number of aromatic nitrogens is 3. The maximum absolute atomic E-state index is 12.5. The minimum atomic E-state index is -0.0755. The van der Waals surface area contributed by atoms with Crippen molar-refractivity contribution in [1.82, 2.24) is 19.4 Å². The van der Waals surface area contributed by atoms with Gasteiger partial charge in [-0.15, -0.1) is 0 Å². The van der Waals surface area contributed by atoms with Gasteiger partial charge in [-0.1, -0.05) is 6.07 Å². The molecule has 1 N–H and O–H groups in total. The highest BCUT2D eigenvalue weighted by atomic mass is 16.5. The average molecular weight is 365 g/mol. The number of amides is 2. The van der Waals surface area contributed by atoms with E-state index in [2.05, 4.69) is 15.3 Å². The molecule has 140 valence electrons. The van der Waals surface area contributed by atoms with Crippen LogP contribution in [0.15, 0.2) is 48.9 Å². The van der Waals surface area contributed by atoms with Gasteiger partial charge in [0.1, 0.15) is 0 Å². The van der Waals surface area contributed by atoms with E-state index in [4.69, 9.17) is 4.74 Å². The first-order valence-electron chi connectivity index (χ1n) is 9.17. The van der Waals surface area contributed by atoms with Crippen LogP contribution in [0.5, 0.6) is 0 Å². The quantitative estimate of drug-likeness (QED) is 0.771. The first-order chi connectivity index (χ1) is 13.2. The predicted octanol–water partition coefficient (Wildman–Crippen LogP) is 3.18. The van der Waals surface area contributed by atoms with Crippen molar-refractivity contribution in [2.75, 3.05) is 18.4 Å². The number of rotatable bonds is 4. The summed E-state index contributed by atoms with van der Waals surface area (Å²) in [5, 5.41) is 2.97. The molecule has 2 amide bonds. The molecule has 0 saturated carbocycles. The molecule has 0 atom stereocenters. The third-order valence-electron chi connectivity index (χ3n) is 4.90. The van der Waals surface area contributed by atoms with Crippen molar-refractivity contribution in [2.45, 2.75) is 25.6 Å². The molecule has 1 aliphatic heterocycles. The number of pyridine rings is 1. The van der Waals surface area contributed by atoms with Crippen LogP contribution in [0.25, 0.3) is 11.0 Å². The normalized spacial score (nSPS) is 15.2. The van der Waals surface area contributed by atoms with Crippen LogP contribution < -0.4 is 5.32 Å². The molecule has 0 aliphatic carbocycles. The number of aryl methyl sites for hydroxylation is 1. The summed E-state index contributed by atoms with van der Waals surface area (Å²) in [5.41, 5.74) is 3.61. The number of anilines is 1. The summed E-state index contributed by atoms with van der Waals surface area (Å²) in [6.07, 6.45) is 5.37. The van der Waals surface area contributed by atoms with E-state index in [-0.39, 0.29) is 12.1 Å². The van der Waals surface area contributed by atoms with Crippen LogP contribution in [-0.4, -0.2) is 44.7 Å². The van der Waals surface area contributed by atoms with Crippen LogP contribution in [0.2, 0.25) is 0 Å². The van der Waals surface area contributed by atoms with Gasteiger partial charge in [0.25, 0.3) is 0 Å². The second-order valence-electron chi connectivity index (χ2n) is 6.81. The van der Waals surface area contributed by atoms with E-state index in [1.54, 1.807) is 12.5 Å². The van der Waals surface area contributed by atoms with Gasteiger partial charge in [-0.05, 0) is 43.2 Å². The van der Waals surface area contributed by atoms with Crippen molar-refractivity contribution in [3.63, 3.8) is 0 Å². The predicted molar refractivity (Wildman–Crippen MR) is 103 cm³/mol. The smallest absolute Gasteiger partial charge is 0.321 e. The van der Waals surface area contributed by atoms with Crippen molar-refractivity contribution in [1.29, 1.82) is 0 Å². The van der Waals surface area contributed by atoms with Crippen molar-refractivity contribution < 1.29 is 9.53 Å². The Morgan fingerprint density at radius 3 is 2.85 bits per heavy atom. The number of carbonyl (C=O) groups is 1. The largest absolute Gasteiger partial charge is 0.372 e. The van der Waals surface area contributed by atoms with Crippen LogP contribution in [-0.2, 0) is 18.4 Å². The highest BCUT2D eigenvalue weighted by molar-refractivity contribution is 5.92. The second kappa shape index (κ2) is 7.75. The first kappa shape index (κ1) is 17.5. The van der Waals surface area contributed by atoms with Gasteiger partial charge < -0.3 is 19.5 Å². The zero-order chi connectivity index (χ0) is 18.6. The number of hydrogen-bond donors (Lipinski definition) is 1. The molecule has 1 aromatic carbocycles. The third kappa shape index (κ3) is 4.09. The number of carbonyl (C=O) groups excluding carboxylic acids is 1. The Labute approximate surface area is 158 Å². The summed E-state index contributed by atoms with van der Waals surface area (Å²) in [6.45, 7) is 1.89. The fourth-order valence-electron chi connectivity index (χ4n) is 3.33. The standard InChI is InChI=1S/C20H23N5O2/c1-24-14-22-18-12-15(5-6-19(18)24)23-20(26)25-10-7-17(8-11-25)27-13-16-4-2-3-9-21-16/h2-6,9,12,14,17H,7-8,10-11,13H2,1H3,(H,23,26). The van der Waals surface area contributed by atoms with Crippen molar-refractivity contribution in [3.8, 4) is 0 Å². The number of ether oxygens (including phenoxy) is 1. The van der Waals surface area contributed by atoms with Gasteiger partial charge in [0.2, 0.25) is 0 Å². The molecule has 0 radical (unpaired) electrons.